The molecule has 210 valence electrons. The first-order chi connectivity index (χ1) is 18.5. The second-order valence-corrected chi connectivity index (χ2v) is 11.5. The standard InChI is InChI=1S/C28H42ClN5O4/c29-27-24-9-11-34(15-20(24)6-7-25(27)37-17-23-14-30-18-38-23)16-22(35)13-32-28(36)19-8-10-31-26(12-19)33-21-4-2-1-3-5-21/h6-7,10,19,21-23,26,30,33,35H,1-5,8-9,11-18H2,(H,32,36)/t19?,22-,23?,26?/m0/s1. The fourth-order valence-electron chi connectivity index (χ4n) is 5.99. The lowest BCUT2D eigenvalue weighted by molar-refractivity contribution is -0.125. The van der Waals surface area contributed by atoms with Gasteiger partial charge in [0.25, 0.3) is 0 Å². The molecule has 1 saturated heterocycles. The van der Waals surface area contributed by atoms with Crippen LogP contribution >= 0.6 is 11.6 Å². The van der Waals surface area contributed by atoms with Gasteiger partial charge in [0, 0.05) is 50.9 Å². The van der Waals surface area contributed by atoms with E-state index in [-0.39, 0.29) is 30.6 Å². The summed E-state index contributed by atoms with van der Waals surface area (Å²) in [6.45, 7) is 4.08. The number of aliphatic hydroxyl groups excluding tert-OH is 1. The highest BCUT2D eigenvalue weighted by Gasteiger charge is 2.28. The molecule has 4 atom stereocenters. The van der Waals surface area contributed by atoms with Gasteiger partial charge < -0.3 is 19.9 Å². The van der Waals surface area contributed by atoms with Crippen LogP contribution in [0.5, 0.6) is 5.75 Å². The van der Waals surface area contributed by atoms with Gasteiger partial charge in [0.2, 0.25) is 5.91 Å². The maximum atomic E-state index is 12.8. The molecule has 3 heterocycles. The van der Waals surface area contributed by atoms with E-state index in [0.717, 1.165) is 37.1 Å². The summed E-state index contributed by atoms with van der Waals surface area (Å²) in [6.07, 6.45) is 9.76. The summed E-state index contributed by atoms with van der Waals surface area (Å²) in [5, 5.41) is 21.1. The zero-order valence-corrected chi connectivity index (χ0v) is 22.9. The first-order valence-electron chi connectivity index (χ1n) is 14.3. The molecule has 38 heavy (non-hydrogen) atoms. The van der Waals surface area contributed by atoms with Crippen molar-refractivity contribution in [3.8, 4) is 5.75 Å². The largest absolute Gasteiger partial charge is 0.489 e. The summed E-state index contributed by atoms with van der Waals surface area (Å²) in [6, 6.07) is 4.50. The lowest BCUT2D eigenvalue weighted by Crippen LogP contribution is -2.46. The first kappa shape index (κ1) is 27.8. The number of nitrogens with one attached hydrogen (secondary N) is 3. The van der Waals surface area contributed by atoms with Gasteiger partial charge in [-0.25, -0.2) is 0 Å². The number of hydrogen-bond donors (Lipinski definition) is 4. The number of amides is 1. The summed E-state index contributed by atoms with van der Waals surface area (Å²) >= 11 is 6.68. The number of halogens is 1. The molecular formula is C28H42ClN5O4. The molecule has 0 spiro atoms. The van der Waals surface area contributed by atoms with Crippen molar-refractivity contribution in [2.45, 2.75) is 82.3 Å². The number of β-amino-alcohol motifs (C(OH)–C–C–N with tert-alkyl or cyclic N) is 1. The second-order valence-electron chi connectivity index (χ2n) is 11.1. The van der Waals surface area contributed by atoms with Crippen molar-refractivity contribution >= 4 is 23.7 Å². The van der Waals surface area contributed by atoms with E-state index in [1.165, 1.54) is 32.1 Å². The molecule has 10 heteroatoms. The van der Waals surface area contributed by atoms with Crippen LogP contribution in [-0.2, 0) is 22.5 Å². The van der Waals surface area contributed by atoms with E-state index in [1.807, 2.05) is 12.3 Å². The minimum atomic E-state index is -0.632. The number of carbonyl (C=O) groups is 1. The van der Waals surface area contributed by atoms with Crippen LogP contribution < -0.4 is 20.7 Å². The Morgan fingerprint density at radius 3 is 3.00 bits per heavy atom. The molecule has 0 aromatic heterocycles. The molecule has 1 aromatic rings. The average Bonchev–Trinajstić information content (AvgIpc) is 3.46. The molecule has 2 fully saturated rings. The molecule has 0 bridgehead atoms. The van der Waals surface area contributed by atoms with Gasteiger partial charge in [0.15, 0.2) is 0 Å². The summed E-state index contributed by atoms with van der Waals surface area (Å²) in [5.41, 5.74) is 2.27. The van der Waals surface area contributed by atoms with Crippen molar-refractivity contribution in [2.75, 3.05) is 39.5 Å². The Kier molecular flexibility index (Phi) is 9.91. The minimum Gasteiger partial charge on any atom is -0.489 e. The van der Waals surface area contributed by atoms with E-state index in [4.69, 9.17) is 21.1 Å². The maximum absolute atomic E-state index is 12.8. The Bertz CT molecular complexity index is 967. The van der Waals surface area contributed by atoms with E-state index in [0.29, 0.717) is 49.7 Å². The van der Waals surface area contributed by atoms with Gasteiger partial charge in [0.05, 0.1) is 24.0 Å². The predicted octanol–water partition coefficient (Wildman–Crippen LogP) is 2.23. The van der Waals surface area contributed by atoms with Crippen LogP contribution in [-0.4, -0.2) is 86.1 Å². The van der Waals surface area contributed by atoms with Crippen molar-refractivity contribution in [1.82, 2.24) is 20.9 Å². The number of ether oxygens (including phenoxy) is 2. The van der Waals surface area contributed by atoms with Crippen molar-refractivity contribution in [1.29, 1.82) is 0 Å². The quantitative estimate of drug-likeness (QED) is 0.356. The van der Waals surface area contributed by atoms with Crippen molar-refractivity contribution in [3.05, 3.63) is 28.3 Å². The Balaban J connectivity index is 1.04. The number of carbonyl (C=O) groups excluding carboxylic acids is 1. The van der Waals surface area contributed by atoms with E-state index in [1.54, 1.807) is 0 Å². The molecule has 3 unspecified atom stereocenters. The van der Waals surface area contributed by atoms with Gasteiger partial charge in [-0.2, -0.15) is 0 Å². The van der Waals surface area contributed by atoms with E-state index >= 15 is 0 Å². The van der Waals surface area contributed by atoms with Crippen LogP contribution in [0, 0.1) is 5.92 Å². The van der Waals surface area contributed by atoms with Gasteiger partial charge in [-0.05, 0) is 49.3 Å². The fourth-order valence-corrected chi connectivity index (χ4v) is 6.33. The highest BCUT2D eigenvalue weighted by molar-refractivity contribution is 6.33. The number of hydrogen-bond acceptors (Lipinski definition) is 8. The predicted molar refractivity (Wildman–Crippen MR) is 148 cm³/mol. The number of rotatable bonds is 10. The molecule has 4 aliphatic rings. The summed E-state index contributed by atoms with van der Waals surface area (Å²) in [7, 11) is 0. The number of nitrogens with zero attached hydrogens (tertiary/aromatic N) is 2. The topological polar surface area (TPSA) is 107 Å². The van der Waals surface area contributed by atoms with Crippen LogP contribution in [0.1, 0.15) is 56.1 Å². The molecular weight excluding hydrogens is 506 g/mol. The van der Waals surface area contributed by atoms with E-state index in [2.05, 4.69) is 31.9 Å². The van der Waals surface area contributed by atoms with Gasteiger partial charge in [0.1, 0.15) is 18.5 Å². The Labute approximate surface area is 230 Å². The zero-order chi connectivity index (χ0) is 26.3. The highest BCUT2D eigenvalue weighted by atomic mass is 35.5. The molecule has 5 rings (SSSR count). The third-order valence-corrected chi connectivity index (χ3v) is 8.58. The van der Waals surface area contributed by atoms with Crippen LogP contribution in [0.2, 0.25) is 5.02 Å². The van der Waals surface area contributed by atoms with E-state index in [9.17, 15) is 9.90 Å². The monoisotopic (exact) mass is 547 g/mol. The Hall–Kier alpha value is -1.75. The smallest absolute Gasteiger partial charge is 0.223 e. The molecule has 1 aromatic carbocycles. The molecule has 4 N–H and O–H groups in total. The molecule has 0 radical (unpaired) electrons. The summed E-state index contributed by atoms with van der Waals surface area (Å²) in [4.78, 5) is 19.6. The average molecular weight is 548 g/mol. The highest BCUT2D eigenvalue weighted by Crippen LogP contribution is 2.34. The maximum Gasteiger partial charge on any atom is 0.223 e. The van der Waals surface area contributed by atoms with Crippen LogP contribution in [0.25, 0.3) is 0 Å². The van der Waals surface area contributed by atoms with Gasteiger partial charge >= 0.3 is 0 Å². The number of aliphatic imine (C=N–C) groups is 1. The fraction of sp³-hybridized carbons (Fsp3) is 0.714. The third-order valence-electron chi connectivity index (χ3n) is 8.16. The minimum absolute atomic E-state index is 0.00716. The number of benzene rings is 1. The number of aliphatic hydroxyl groups is 1. The number of fused-ring (bicyclic) bond motifs is 1. The lowest BCUT2D eigenvalue weighted by Gasteiger charge is -2.32. The second kappa shape index (κ2) is 13.5. The van der Waals surface area contributed by atoms with Gasteiger partial charge in [-0.3, -0.25) is 25.3 Å². The molecule has 1 aliphatic carbocycles. The van der Waals surface area contributed by atoms with Gasteiger partial charge in [-0.1, -0.05) is 36.9 Å². The molecule has 1 amide bonds. The zero-order valence-electron chi connectivity index (χ0n) is 22.2. The van der Waals surface area contributed by atoms with Crippen LogP contribution in [0.3, 0.4) is 0 Å². The van der Waals surface area contributed by atoms with E-state index < -0.39 is 6.10 Å². The van der Waals surface area contributed by atoms with Crippen molar-refractivity contribution < 1.29 is 19.4 Å². The first-order valence-corrected chi connectivity index (χ1v) is 14.6. The van der Waals surface area contributed by atoms with Crippen LogP contribution in [0.4, 0.5) is 0 Å². The SMILES string of the molecule is O=C(NC[C@H](O)CN1CCc2c(ccc(OCC3CNCO3)c2Cl)C1)C1CC=NC(NC2CCCCC2)C1. The Morgan fingerprint density at radius 2 is 2.18 bits per heavy atom. The van der Waals surface area contributed by atoms with Gasteiger partial charge in [-0.15, -0.1) is 0 Å². The third kappa shape index (κ3) is 7.46. The lowest BCUT2D eigenvalue weighted by atomic mass is 9.93. The summed E-state index contributed by atoms with van der Waals surface area (Å²) in [5.74, 6) is 0.603. The Morgan fingerprint density at radius 1 is 1.32 bits per heavy atom. The van der Waals surface area contributed by atoms with Crippen molar-refractivity contribution in [2.24, 2.45) is 10.9 Å². The normalized spacial score (nSPS) is 27.2. The molecule has 3 aliphatic heterocycles. The molecule has 9 nitrogen and oxygen atoms in total. The van der Waals surface area contributed by atoms with Crippen LogP contribution in [0.15, 0.2) is 17.1 Å². The summed E-state index contributed by atoms with van der Waals surface area (Å²) < 4.78 is 11.5. The molecule has 1 saturated carbocycles. The van der Waals surface area contributed by atoms with Crippen molar-refractivity contribution in [3.63, 3.8) is 0 Å².